The Kier molecular flexibility index (Phi) is 4.60. The lowest BCUT2D eigenvalue weighted by atomic mass is 9.99. The molecule has 1 aliphatic carbocycles. The van der Waals surface area contributed by atoms with Gasteiger partial charge in [0.1, 0.15) is 0 Å². The van der Waals surface area contributed by atoms with Gasteiger partial charge in [-0.15, -0.1) is 11.3 Å². The first-order chi connectivity index (χ1) is 9.13. The molecule has 4 heteroatoms. The number of nitriles is 1. The second-order valence-electron chi connectivity index (χ2n) is 5.27. The molecule has 0 saturated heterocycles. The minimum absolute atomic E-state index is 0.0876. The SMILES string of the molecule is CC(C)N(CCC#N)C(=O)c1cc2c(s1)CCCC2. The first-order valence-corrected chi connectivity index (χ1v) is 7.74. The van der Waals surface area contributed by atoms with E-state index in [1.54, 1.807) is 16.2 Å². The van der Waals surface area contributed by atoms with Gasteiger partial charge < -0.3 is 4.90 Å². The second kappa shape index (κ2) is 6.21. The van der Waals surface area contributed by atoms with Crippen LogP contribution in [0.5, 0.6) is 0 Å². The summed E-state index contributed by atoms with van der Waals surface area (Å²) < 4.78 is 0. The van der Waals surface area contributed by atoms with Crippen LogP contribution in [0.1, 0.15) is 53.2 Å². The third-order valence-electron chi connectivity index (χ3n) is 3.56. The predicted molar refractivity (Wildman–Crippen MR) is 77.4 cm³/mol. The van der Waals surface area contributed by atoms with E-state index in [-0.39, 0.29) is 11.9 Å². The zero-order valence-electron chi connectivity index (χ0n) is 11.6. The van der Waals surface area contributed by atoms with Crippen LogP contribution in [-0.2, 0) is 12.8 Å². The number of amides is 1. The average molecular weight is 276 g/mol. The highest BCUT2D eigenvalue weighted by Crippen LogP contribution is 2.30. The van der Waals surface area contributed by atoms with E-state index in [0.717, 1.165) is 17.7 Å². The van der Waals surface area contributed by atoms with E-state index in [1.807, 2.05) is 13.8 Å². The predicted octanol–water partition coefficient (Wildman–Crippen LogP) is 3.39. The molecule has 0 N–H and O–H groups in total. The molecule has 2 rings (SSSR count). The van der Waals surface area contributed by atoms with Gasteiger partial charge in [-0.1, -0.05) is 0 Å². The van der Waals surface area contributed by atoms with Crippen molar-refractivity contribution in [2.75, 3.05) is 6.54 Å². The quantitative estimate of drug-likeness (QED) is 0.846. The van der Waals surface area contributed by atoms with Gasteiger partial charge >= 0.3 is 0 Å². The van der Waals surface area contributed by atoms with Crippen LogP contribution >= 0.6 is 11.3 Å². The van der Waals surface area contributed by atoms with E-state index in [4.69, 9.17) is 5.26 Å². The molecule has 1 heterocycles. The molecule has 0 saturated carbocycles. The van der Waals surface area contributed by atoms with Crippen molar-refractivity contribution < 1.29 is 4.79 Å². The Bertz CT molecular complexity index is 475. The summed E-state index contributed by atoms with van der Waals surface area (Å²) in [5, 5.41) is 8.70. The molecule has 0 bridgehead atoms. The van der Waals surface area contributed by atoms with Crippen LogP contribution in [0.25, 0.3) is 0 Å². The van der Waals surface area contributed by atoms with Crippen molar-refractivity contribution in [2.45, 2.75) is 52.0 Å². The monoisotopic (exact) mass is 276 g/mol. The highest BCUT2D eigenvalue weighted by atomic mass is 32.1. The van der Waals surface area contributed by atoms with Gasteiger partial charge in [0.15, 0.2) is 0 Å². The summed E-state index contributed by atoms with van der Waals surface area (Å²) >= 11 is 1.65. The van der Waals surface area contributed by atoms with E-state index < -0.39 is 0 Å². The fourth-order valence-electron chi connectivity index (χ4n) is 2.50. The summed E-state index contributed by atoms with van der Waals surface area (Å²) in [6, 6.07) is 4.33. The van der Waals surface area contributed by atoms with Crippen molar-refractivity contribution in [1.29, 1.82) is 5.26 Å². The number of aryl methyl sites for hydroxylation is 2. The third kappa shape index (κ3) is 3.16. The molecule has 3 nitrogen and oxygen atoms in total. The maximum Gasteiger partial charge on any atom is 0.264 e. The molecule has 0 radical (unpaired) electrons. The minimum atomic E-state index is 0.0876. The smallest absolute Gasteiger partial charge is 0.264 e. The van der Waals surface area contributed by atoms with Crippen LogP contribution in [0, 0.1) is 11.3 Å². The Labute approximate surface area is 118 Å². The van der Waals surface area contributed by atoms with Gasteiger partial charge in [-0.2, -0.15) is 5.26 Å². The van der Waals surface area contributed by atoms with Gasteiger partial charge in [-0.25, -0.2) is 0 Å². The van der Waals surface area contributed by atoms with Crippen molar-refractivity contribution in [1.82, 2.24) is 4.90 Å². The number of hydrogen-bond acceptors (Lipinski definition) is 3. The van der Waals surface area contributed by atoms with Gasteiger partial charge in [0, 0.05) is 17.5 Å². The molecule has 19 heavy (non-hydrogen) atoms. The van der Waals surface area contributed by atoms with E-state index in [2.05, 4.69) is 12.1 Å². The topological polar surface area (TPSA) is 44.1 Å². The van der Waals surface area contributed by atoms with Gasteiger partial charge in [0.2, 0.25) is 0 Å². The zero-order chi connectivity index (χ0) is 13.8. The molecule has 1 aromatic heterocycles. The lowest BCUT2D eigenvalue weighted by molar-refractivity contribution is 0.0715. The van der Waals surface area contributed by atoms with Gasteiger partial charge in [-0.3, -0.25) is 4.79 Å². The Morgan fingerprint density at radius 2 is 2.21 bits per heavy atom. The fourth-order valence-corrected chi connectivity index (χ4v) is 3.71. The summed E-state index contributed by atoms with van der Waals surface area (Å²) in [6.45, 7) is 4.53. The molecule has 0 atom stereocenters. The molecule has 0 spiro atoms. The maximum atomic E-state index is 12.5. The fraction of sp³-hybridized carbons (Fsp3) is 0.600. The molecular formula is C15H20N2OS. The lowest BCUT2D eigenvalue weighted by Crippen LogP contribution is -2.37. The first kappa shape index (κ1) is 14.1. The van der Waals surface area contributed by atoms with Crippen LogP contribution in [-0.4, -0.2) is 23.4 Å². The Balaban J connectivity index is 2.17. The summed E-state index contributed by atoms with van der Waals surface area (Å²) in [7, 11) is 0. The average Bonchev–Trinajstić information content (AvgIpc) is 2.82. The van der Waals surface area contributed by atoms with Crippen LogP contribution in [0.2, 0.25) is 0 Å². The van der Waals surface area contributed by atoms with Crippen LogP contribution < -0.4 is 0 Å². The lowest BCUT2D eigenvalue weighted by Gasteiger charge is -2.25. The van der Waals surface area contributed by atoms with Crippen molar-refractivity contribution in [3.05, 3.63) is 21.4 Å². The number of nitrogens with zero attached hydrogens (tertiary/aromatic N) is 2. The van der Waals surface area contributed by atoms with Crippen LogP contribution in [0.15, 0.2) is 6.07 Å². The van der Waals surface area contributed by atoms with E-state index in [1.165, 1.54) is 23.3 Å². The van der Waals surface area contributed by atoms with E-state index in [0.29, 0.717) is 13.0 Å². The Hall–Kier alpha value is -1.34. The van der Waals surface area contributed by atoms with Crippen molar-refractivity contribution in [3.63, 3.8) is 0 Å². The summed E-state index contributed by atoms with van der Waals surface area (Å²) in [5.74, 6) is 0.0876. The van der Waals surface area contributed by atoms with Gasteiger partial charge in [0.25, 0.3) is 5.91 Å². The highest BCUT2D eigenvalue weighted by molar-refractivity contribution is 7.14. The normalized spacial score (nSPS) is 14.0. The summed E-state index contributed by atoms with van der Waals surface area (Å²) in [6.07, 6.45) is 5.10. The molecule has 1 aliphatic rings. The molecule has 0 fully saturated rings. The molecule has 1 aromatic rings. The molecule has 0 aromatic carbocycles. The number of rotatable bonds is 4. The number of fused-ring (bicyclic) bond motifs is 1. The number of carbonyl (C=O) groups is 1. The number of carbonyl (C=O) groups excluding carboxylic acids is 1. The molecule has 0 unspecified atom stereocenters. The van der Waals surface area contributed by atoms with Crippen molar-refractivity contribution in [3.8, 4) is 6.07 Å². The molecular weight excluding hydrogens is 256 g/mol. The zero-order valence-corrected chi connectivity index (χ0v) is 12.4. The molecule has 0 aliphatic heterocycles. The Morgan fingerprint density at radius 1 is 1.47 bits per heavy atom. The Morgan fingerprint density at radius 3 is 2.84 bits per heavy atom. The minimum Gasteiger partial charge on any atom is -0.334 e. The van der Waals surface area contributed by atoms with Crippen molar-refractivity contribution >= 4 is 17.2 Å². The van der Waals surface area contributed by atoms with E-state index in [9.17, 15) is 4.79 Å². The third-order valence-corrected chi connectivity index (χ3v) is 4.78. The number of hydrogen-bond donors (Lipinski definition) is 0. The van der Waals surface area contributed by atoms with Crippen LogP contribution in [0.4, 0.5) is 0 Å². The standard InChI is InChI=1S/C15H20N2OS/c1-11(2)17(9-5-8-16)15(18)14-10-12-6-3-4-7-13(12)19-14/h10-11H,3-7,9H2,1-2H3. The summed E-state index contributed by atoms with van der Waals surface area (Å²) in [4.78, 5) is 16.6. The van der Waals surface area contributed by atoms with Crippen molar-refractivity contribution in [2.24, 2.45) is 0 Å². The molecule has 1 amide bonds. The number of thiophene rings is 1. The van der Waals surface area contributed by atoms with E-state index >= 15 is 0 Å². The maximum absolute atomic E-state index is 12.5. The summed E-state index contributed by atoms with van der Waals surface area (Å²) in [5.41, 5.74) is 1.36. The second-order valence-corrected chi connectivity index (χ2v) is 6.40. The highest BCUT2D eigenvalue weighted by Gasteiger charge is 2.22. The van der Waals surface area contributed by atoms with Gasteiger partial charge in [-0.05, 0) is 51.2 Å². The largest absolute Gasteiger partial charge is 0.334 e. The first-order valence-electron chi connectivity index (χ1n) is 6.93. The van der Waals surface area contributed by atoms with Gasteiger partial charge in [0.05, 0.1) is 17.4 Å². The molecule has 102 valence electrons. The van der Waals surface area contributed by atoms with Crippen LogP contribution in [0.3, 0.4) is 0 Å².